The van der Waals surface area contributed by atoms with Crippen molar-refractivity contribution in [2.45, 2.75) is 33.4 Å². The van der Waals surface area contributed by atoms with Gasteiger partial charge in [-0.2, -0.15) is 4.98 Å². The van der Waals surface area contributed by atoms with Crippen LogP contribution in [0.25, 0.3) is 11.2 Å². The van der Waals surface area contributed by atoms with E-state index in [-0.39, 0.29) is 17.8 Å². The molecule has 7 heteroatoms. The van der Waals surface area contributed by atoms with E-state index >= 15 is 0 Å². The van der Waals surface area contributed by atoms with Crippen LogP contribution in [0.3, 0.4) is 0 Å². The number of aromatic nitrogens is 4. The summed E-state index contributed by atoms with van der Waals surface area (Å²) in [6, 6.07) is 8.24. The Morgan fingerprint density at radius 3 is 2.56 bits per heavy atom. The van der Waals surface area contributed by atoms with Crippen molar-refractivity contribution < 1.29 is 0 Å². The molecular formula is C20H23N5O2. The van der Waals surface area contributed by atoms with Crippen molar-refractivity contribution in [3.05, 3.63) is 62.8 Å². The second-order valence-electron chi connectivity index (χ2n) is 7.27. The third kappa shape index (κ3) is 2.70. The maximum atomic E-state index is 13.1. The molecule has 3 heterocycles. The highest BCUT2D eigenvalue weighted by Gasteiger charge is 2.26. The second-order valence-corrected chi connectivity index (χ2v) is 7.27. The third-order valence-corrected chi connectivity index (χ3v) is 4.99. The van der Waals surface area contributed by atoms with E-state index in [1.54, 1.807) is 14.0 Å². The summed E-state index contributed by atoms with van der Waals surface area (Å²) >= 11 is 0. The Labute approximate surface area is 156 Å². The van der Waals surface area contributed by atoms with Crippen LogP contribution in [0.1, 0.15) is 18.9 Å². The molecule has 0 aliphatic carbocycles. The number of imidazole rings is 1. The van der Waals surface area contributed by atoms with E-state index in [0.717, 1.165) is 24.2 Å². The van der Waals surface area contributed by atoms with Crippen molar-refractivity contribution in [2.75, 3.05) is 11.4 Å². The molecule has 0 bridgehead atoms. The monoisotopic (exact) mass is 365 g/mol. The molecule has 0 amide bonds. The number of nitrogens with zero attached hydrogens (tertiary/aromatic N) is 5. The zero-order valence-electron chi connectivity index (χ0n) is 15.9. The molecular weight excluding hydrogens is 342 g/mol. The number of allylic oxidation sites excluding steroid dienone is 1. The SMILES string of the molecule is C=C(C)Cn1c(=O)c2c(nc3n2CCCN3c2ccc(C)cc2)n(C)c1=O. The molecule has 1 aromatic carbocycles. The van der Waals surface area contributed by atoms with Crippen LogP contribution >= 0.6 is 0 Å². The standard InChI is InChI=1S/C20H23N5O2/c1-13(2)12-25-18(26)16-17(22(4)20(25)27)21-19-23(10-5-11-24(16)19)15-8-6-14(3)7-9-15/h6-9H,1,5,10-12H2,2-4H3. The summed E-state index contributed by atoms with van der Waals surface area (Å²) in [5.74, 6) is 0.709. The van der Waals surface area contributed by atoms with Crippen molar-refractivity contribution in [1.29, 1.82) is 0 Å². The minimum absolute atomic E-state index is 0.212. The molecule has 0 fully saturated rings. The minimum atomic E-state index is -0.368. The van der Waals surface area contributed by atoms with Gasteiger partial charge in [-0.1, -0.05) is 29.8 Å². The van der Waals surface area contributed by atoms with Gasteiger partial charge < -0.3 is 9.47 Å². The summed E-state index contributed by atoms with van der Waals surface area (Å²) in [5.41, 5.74) is 3.21. The molecule has 27 heavy (non-hydrogen) atoms. The highest BCUT2D eigenvalue weighted by atomic mass is 16.2. The molecule has 0 spiro atoms. The number of aryl methyl sites for hydroxylation is 3. The Morgan fingerprint density at radius 2 is 1.89 bits per heavy atom. The summed E-state index contributed by atoms with van der Waals surface area (Å²) in [4.78, 5) is 32.5. The van der Waals surface area contributed by atoms with Crippen LogP contribution in [-0.2, 0) is 20.1 Å². The predicted octanol–water partition coefficient (Wildman–Crippen LogP) is 2.32. The zero-order valence-corrected chi connectivity index (χ0v) is 15.9. The van der Waals surface area contributed by atoms with Gasteiger partial charge in [0.05, 0.1) is 6.54 Å². The fourth-order valence-electron chi connectivity index (χ4n) is 3.64. The van der Waals surface area contributed by atoms with E-state index in [4.69, 9.17) is 4.98 Å². The fourth-order valence-corrected chi connectivity index (χ4v) is 3.64. The van der Waals surface area contributed by atoms with Gasteiger partial charge in [-0.05, 0) is 32.4 Å². The van der Waals surface area contributed by atoms with Gasteiger partial charge in [0.25, 0.3) is 5.56 Å². The predicted molar refractivity (Wildman–Crippen MR) is 107 cm³/mol. The van der Waals surface area contributed by atoms with Crippen molar-refractivity contribution >= 4 is 22.8 Å². The average molecular weight is 365 g/mol. The first-order valence-electron chi connectivity index (χ1n) is 9.07. The van der Waals surface area contributed by atoms with Gasteiger partial charge in [0.15, 0.2) is 11.2 Å². The van der Waals surface area contributed by atoms with Crippen molar-refractivity contribution in [3.63, 3.8) is 0 Å². The van der Waals surface area contributed by atoms with Gasteiger partial charge in [-0.3, -0.25) is 13.9 Å². The molecule has 1 aliphatic heterocycles. The van der Waals surface area contributed by atoms with E-state index in [2.05, 4.69) is 42.7 Å². The molecule has 3 aromatic rings. The van der Waals surface area contributed by atoms with Gasteiger partial charge in [0, 0.05) is 25.8 Å². The highest BCUT2D eigenvalue weighted by Crippen LogP contribution is 2.30. The van der Waals surface area contributed by atoms with Gasteiger partial charge in [-0.25, -0.2) is 4.79 Å². The van der Waals surface area contributed by atoms with Crippen LogP contribution in [0, 0.1) is 6.92 Å². The first-order valence-corrected chi connectivity index (χ1v) is 9.07. The minimum Gasteiger partial charge on any atom is -0.312 e. The highest BCUT2D eigenvalue weighted by molar-refractivity contribution is 5.77. The first-order chi connectivity index (χ1) is 12.9. The summed E-state index contributed by atoms with van der Waals surface area (Å²) in [6.45, 7) is 9.43. The van der Waals surface area contributed by atoms with Crippen LogP contribution < -0.4 is 16.1 Å². The molecule has 0 radical (unpaired) electrons. The quantitative estimate of drug-likeness (QED) is 0.668. The number of benzene rings is 1. The van der Waals surface area contributed by atoms with E-state index < -0.39 is 0 Å². The van der Waals surface area contributed by atoms with Crippen LogP contribution in [0.2, 0.25) is 0 Å². The maximum absolute atomic E-state index is 13.1. The molecule has 2 aromatic heterocycles. The summed E-state index contributed by atoms with van der Waals surface area (Å²) in [7, 11) is 1.66. The number of anilines is 2. The normalized spacial score (nSPS) is 13.8. The number of hydrogen-bond donors (Lipinski definition) is 0. The molecule has 0 saturated heterocycles. The Balaban J connectivity index is 1.98. The molecule has 0 N–H and O–H groups in total. The Hall–Kier alpha value is -3.09. The van der Waals surface area contributed by atoms with Gasteiger partial charge in [-0.15, -0.1) is 0 Å². The van der Waals surface area contributed by atoms with Crippen molar-refractivity contribution in [1.82, 2.24) is 18.7 Å². The van der Waals surface area contributed by atoms with Crippen molar-refractivity contribution in [3.8, 4) is 0 Å². The second kappa shape index (κ2) is 6.26. The molecule has 0 atom stereocenters. The molecule has 0 saturated carbocycles. The topological polar surface area (TPSA) is 65.1 Å². The maximum Gasteiger partial charge on any atom is 0.332 e. The van der Waals surface area contributed by atoms with E-state index in [1.165, 1.54) is 14.7 Å². The summed E-state index contributed by atoms with van der Waals surface area (Å²) < 4.78 is 4.64. The van der Waals surface area contributed by atoms with Crippen molar-refractivity contribution in [2.24, 2.45) is 7.05 Å². The van der Waals surface area contributed by atoms with Crippen LogP contribution in [0.15, 0.2) is 46.0 Å². The molecule has 4 rings (SSSR count). The van der Waals surface area contributed by atoms with E-state index in [0.29, 0.717) is 23.7 Å². The van der Waals surface area contributed by atoms with Crippen LogP contribution in [-0.4, -0.2) is 25.2 Å². The Bertz CT molecular complexity index is 1160. The zero-order chi connectivity index (χ0) is 19.3. The lowest BCUT2D eigenvalue weighted by atomic mass is 10.2. The molecule has 7 nitrogen and oxygen atoms in total. The Kier molecular flexibility index (Phi) is 4.02. The molecule has 1 aliphatic rings. The smallest absolute Gasteiger partial charge is 0.312 e. The number of hydrogen-bond acceptors (Lipinski definition) is 4. The molecule has 0 unspecified atom stereocenters. The first kappa shape index (κ1) is 17.3. The van der Waals surface area contributed by atoms with E-state index in [9.17, 15) is 9.59 Å². The summed E-state index contributed by atoms with van der Waals surface area (Å²) in [5, 5.41) is 0. The lowest BCUT2D eigenvalue weighted by molar-refractivity contribution is 0.597. The fraction of sp³-hybridized carbons (Fsp3) is 0.350. The largest absolute Gasteiger partial charge is 0.332 e. The number of fused-ring (bicyclic) bond motifs is 3. The summed E-state index contributed by atoms with van der Waals surface area (Å²) in [6.07, 6.45) is 0.898. The van der Waals surface area contributed by atoms with Gasteiger partial charge in [0.2, 0.25) is 5.95 Å². The van der Waals surface area contributed by atoms with Gasteiger partial charge in [0.1, 0.15) is 0 Å². The van der Waals surface area contributed by atoms with Gasteiger partial charge >= 0.3 is 5.69 Å². The van der Waals surface area contributed by atoms with Crippen LogP contribution in [0.4, 0.5) is 11.6 Å². The van der Waals surface area contributed by atoms with Crippen LogP contribution in [0.5, 0.6) is 0 Å². The molecule has 140 valence electrons. The lowest BCUT2D eigenvalue weighted by Crippen LogP contribution is -2.40. The number of rotatable bonds is 3. The average Bonchev–Trinajstić information content (AvgIpc) is 3.04. The van der Waals surface area contributed by atoms with E-state index in [1.807, 2.05) is 4.57 Å². The lowest BCUT2D eigenvalue weighted by Gasteiger charge is -2.29. The third-order valence-electron chi connectivity index (χ3n) is 4.99. The Morgan fingerprint density at radius 1 is 1.19 bits per heavy atom.